The maximum Gasteiger partial charge on any atom is 0.182 e. The monoisotopic (exact) mass is 316 g/mol. The Hall–Kier alpha value is -2.24. The van der Waals surface area contributed by atoms with Gasteiger partial charge < -0.3 is 5.11 Å². The smallest absolute Gasteiger partial charge is 0.182 e. The quantitative estimate of drug-likeness (QED) is 0.830. The Kier molecular flexibility index (Phi) is 5.25. The van der Waals surface area contributed by atoms with Gasteiger partial charge in [0.05, 0.1) is 10.6 Å². The van der Waals surface area contributed by atoms with Gasteiger partial charge in [0, 0.05) is 0 Å². The minimum absolute atomic E-state index is 0.0728. The lowest BCUT2D eigenvalue weighted by molar-refractivity contribution is -0.117. The molecule has 0 saturated carbocycles. The number of carbonyl (C=O) groups excluding carboxylic acids is 1. The van der Waals surface area contributed by atoms with Gasteiger partial charge in [-0.2, -0.15) is 0 Å². The van der Waals surface area contributed by atoms with Crippen LogP contribution in [-0.2, 0) is 20.4 Å². The first-order valence-electron chi connectivity index (χ1n) is 6.70. The molecular weight excluding hydrogens is 300 g/mol. The lowest BCUT2D eigenvalue weighted by atomic mass is 10.2. The van der Waals surface area contributed by atoms with Crippen LogP contribution >= 0.6 is 0 Å². The zero-order valence-corrected chi connectivity index (χ0v) is 12.7. The fourth-order valence-electron chi connectivity index (χ4n) is 1.93. The number of rotatable bonds is 6. The molecule has 4 nitrogen and oxygen atoms in total. The van der Waals surface area contributed by atoms with Crippen LogP contribution in [0.1, 0.15) is 11.1 Å². The van der Waals surface area contributed by atoms with Gasteiger partial charge in [-0.15, -0.1) is 0 Å². The molecular formula is C17H16O4S. The predicted octanol–water partition coefficient (Wildman–Crippen LogP) is 2.24. The fourth-order valence-corrected chi connectivity index (χ4v) is 3.33. The highest BCUT2D eigenvalue weighted by molar-refractivity contribution is 7.90. The molecule has 0 fully saturated rings. The normalized spacial score (nSPS) is 11.7. The number of sulfone groups is 1. The van der Waals surface area contributed by atoms with E-state index in [1.165, 1.54) is 24.3 Å². The lowest BCUT2D eigenvalue weighted by Crippen LogP contribution is -2.05. The van der Waals surface area contributed by atoms with E-state index in [1.807, 2.05) is 6.07 Å². The highest BCUT2D eigenvalue weighted by atomic mass is 32.2. The zero-order valence-electron chi connectivity index (χ0n) is 11.8. The van der Waals surface area contributed by atoms with Gasteiger partial charge in [-0.25, -0.2) is 8.42 Å². The number of aliphatic hydroxyl groups is 1. The van der Waals surface area contributed by atoms with E-state index in [0.717, 1.165) is 5.56 Å². The topological polar surface area (TPSA) is 71.4 Å². The summed E-state index contributed by atoms with van der Waals surface area (Å²) < 4.78 is 24.8. The second-order valence-corrected chi connectivity index (χ2v) is 6.76. The van der Waals surface area contributed by atoms with E-state index in [0.29, 0.717) is 5.56 Å². The molecule has 0 aliphatic rings. The number of hydrogen-bond donors (Lipinski definition) is 1. The third-order valence-electron chi connectivity index (χ3n) is 3.03. The first-order chi connectivity index (χ1) is 10.5. The Labute approximate surface area is 129 Å². The summed E-state index contributed by atoms with van der Waals surface area (Å²) in [5.41, 5.74) is 1.31. The van der Waals surface area contributed by atoms with Crippen molar-refractivity contribution in [1.82, 2.24) is 0 Å². The van der Waals surface area contributed by atoms with Crippen molar-refractivity contribution in [2.75, 3.05) is 6.61 Å². The lowest BCUT2D eigenvalue weighted by Gasteiger charge is -2.05. The molecule has 0 aliphatic heterocycles. The van der Waals surface area contributed by atoms with E-state index < -0.39 is 22.2 Å². The molecule has 114 valence electrons. The number of benzene rings is 2. The number of carbonyl (C=O) groups is 1. The van der Waals surface area contributed by atoms with Crippen molar-refractivity contribution in [2.45, 2.75) is 10.6 Å². The van der Waals surface area contributed by atoms with Crippen molar-refractivity contribution >= 4 is 21.7 Å². The zero-order chi connectivity index (χ0) is 16.0. The second kappa shape index (κ2) is 7.15. The summed E-state index contributed by atoms with van der Waals surface area (Å²) in [6.45, 7) is -0.567. The number of hydrogen-bond acceptors (Lipinski definition) is 4. The van der Waals surface area contributed by atoms with Crippen LogP contribution in [0.5, 0.6) is 0 Å². The Bertz CT molecular complexity index is 777. The molecule has 0 unspecified atom stereocenters. The molecule has 2 aromatic rings. The molecule has 0 amide bonds. The minimum Gasteiger partial charge on any atom is -0.388 e. The molecule has 0 saturated heterocycles. The Morgan fingerprint density at radius 1 is 1.05 bits per heavy atom. The molecule has 0 bridgehead atoms. The fraction of sp³-hybridized carbons (Fsp3) is 0.118. The van der Waals surface area contributed by atoms with Crippen molar-refractivity contribution in [2.24, 2.45) is 0 Å². The molecule has 0 aliphatic carbocycles. The van der Waals surface area contributed by atoms with E-state index in [-0.39, 0.29) is 10.6 Å². The molecule has 1 N–H and O–H groups in total. The summed E-state index contributed by atoms with van der Waals surface area (Å²) in [5.74, 6) is -0.506. The molecule has 0 heterocycles. The summed E-state index contributed by atoms with van der Waals surface area (Å²) in [5, 5.41) is 8.66. The van der Waals surface area contributed by atoms with Crippen LogP contribution < -0.4 is 0 Å². The van der Waals surface area contributed by atoms with Gasteiger partial charge >= 0.3 is 0 Å². The average Bonchev–Trinajstić information content (AvgIpc) is 2.53. The van der Waals surface area contributed by atoms with Crippen molar-refractivity contribution < 1.29 is 18.3 Å². The first kappa shape index (κ1) is 16.1. The largest absolute Gasteiger partial charge is 0.388 e. The highest BCUT2D eigenvalue weighted by Crippen LogP contribution is 2.18. The molecule has 0 aromatic heterocycles. The molecule has 5 heteroatoms. The van der Waals surface area contributed by atoms with Gasteiger partial charge in [0.15, 0.2) is 15.6 Å². The third kappa shape index (κ3) is 4.38. The molecule has 0 spiro atoms. The van der Waals surface area contributed by atoms with Crippen LogP contribution in [0.3, 0.4) is 0 Å². The SMILES string of the molecule is O=C(/C=C/c1cccc(S(=O)(=O)Cc2ccccc2)c1)CO. The third-order valence-corrected chi connectivity index (χ3v) is 4.72. The van der Waals surface area contributed by atoms with Crippen LogP contribution in [0.2, 0.25) is 0 Å². The predicted molar refractivity (Wildman–Crippen MR) is 84.9 cm³/mol. The van der Waals surface area contributed by atoms with Crippen molar-refractivity contribution in [1.29, 1.82) is 0 Å². The van der Waals surface area contributed by atoms with Gasteiger partial charge in [-0.05, 0) is 29.3 Å². The highest BCUT2D eigenvalue weighted by Gasteiger charge is 2.15. The van der Waals surface area contributed by atoms with E-state index in [9.17, 15) is 13.2 Å². The molecule has 22 heavy (non-hydrogen) atoms. The maximum absolute atomic E-state index is 12.4. The minimum atomic E-state index is -3.45. The summed E-state index contributed by atoms with van der Waals surface area (Å²) >= 11 is 0. The second-order valence-electron chi connectivity index (χ2n) is 4.77. The van der Waals surface area contributed by atoms with Crippen LogP contribution in [0.4, 0.5) is 0 Å². The summed E-state index contributed by atoms with van der Waals surface area (Å²) in [7, 11) is -3.45. The van der Waals surface area contributed by atoms with Crippen molar-refractivity contribution in [3.8, 4) is 0 Å². The van der Waals surface area contributed by atoms with Crippen LogP contribution in [0, 0.1) is 0 Å². The number of ketones is 1. The van der Waals surface area contributed by atoms with Gasteiger partial charge in [0.25, 0.3) is 0 Å². The van der Waals surface area contributed by atoms with Gasteiger partial charge in [-0.1, -0.05) is 48.5 Å². The van der Waals surface area contributed by atoms with Crippen LogP contribution in [-0.4, -0.2) is 25.9 Å². The Balaban J connectivity index is 2.25. The molecule has 0 radical (unpaired) electrons. The van der Waals surface area contributed by atoms with Crippen LogP contribution in [0.15, 0.2) is 65.6 Å². The summed E-state index contributed by atoms with van der Waals surface area (Å²) in [6, 6.07) is 15.3. The standard InChI is InChI=1S/C17H16O4S/c18-12-16(19)10-9-14-7-4-8-17(11-14)22(20,21)13-15-5-2-1-3-6-15/h1-11,18H,12-13H2/b10-9+. The maximum atomic E-state index is 12.4. The van der Waals surface area contributed by atoms with E-state index in [2.05, 4.69) is 0 Å². The number of aliphatic hydroxyl groups excluding tert-OH is 1. The van der Waals surface area contributed by atoms with Crippen molar-refractivity contribution in [3.63, 3.8) is 0 Å². The van der Waals surface area contributed by atoms with E-state index >= 15 is 0 Å². The van der Waals surface area contributed by atoms with Gasteiger partial charge in [-0.3, -0.25) is 4.79 Å². The molecule has 0 atom stereocenters. The van der Waals surface area contributed by atoms with Gasteiger partial charge in [0.1, 0.15) is 6.61 Å². The molecule has 2 rings (SSSR count). The molecule has 2 aromatic carbocycles. The summed E-state index contributed by atoms with van der Waals surface area (Å²) in [4.78, 5) is 11.3. The van der Waals surface area contributed by atoms with Gasteiger partial charge in [0.2, 0.25) is 0 Å². The summed E-state index contributed by atoms with van der Waals surface area (Å²) in [6.07, 6.45) is 2.71. The Morgan fingerprint density at radius 2 is 1.77 bits per heavy atom. The van der Waals surface area contributed by atoms with E-state index in [1.54, 1.807) is 36.4 Å². The van der Waals surface area contributed by atoms with Crippen molar-refractivity contribution in [3.05, 3.63) is 71.8 Å². The first-order valence-corrected chi connectivity index (χ1v) is 8.35. The Morgan fingerprint density at radius 3 is 2.45 bits per heavy atom. The van der Waals surface area contributed by atoms with Crippen LogP contribution in [0.25, 0.3) is 6.08 Å². The average molecular weight is 316 g/mol. The van der Waals surface area contributed by atoms with E-state index in [4.69, 9.17) is 5.11 Å².